The summed E-state index contributed by atoms with van der Waals surface area (Å²) in [6.07, 6.45) is 3.78. The Bertz CT molecular complexity index is 419. The van der Waals surface area contributed by atoms with E-state index in [-0.39, 0.29) is 0 Å². The van der Waals surface area contributed by atoms with Crippen molar-refractivity contribution in [3.8, 4) is 0 Å². The Hall–Kier alpha value is -0.830. The lowest BCUT2D eigenvalue weighted by molar-refractivity contribution is -0.131. The average molecular weight is 310 g/mol. The van der Waals surface area contributed by atoms with E-state index in [9.17, 15) is 4.79 Å². The molecule has 18 heavy (non-hydrogen) atoms. The summed E-state index contributed by atoms with van der Waals surface area (Å²) < 4.78 is 0. The Kier molecular flexibility index (Phi) is 4.81. The van der Waals surface area contributed by atoms with Gasteiger partial charge in [-0.15, -0.1) is 0 Å². The number of amides is 1. The maximum atomic E-state index is 12.2. The minimum absolute atomic E-state index is 0.306. The molecule has 0 bridgehead atoms. The summed E-state index contributed by atoms with van der Waals surface area (Å²) in [4.78, 5) is 14.3. The van der Waals surface area contributed by atoms with Gasteiger partial charge in [-0.25, -0.2) is 0 Å². The van der Waals surface area contributed by atoms with E-state index in [4.69, 9.17) is 0 Å². The van der Waals surface area contributed by atoms with Crippen LogP contribution in [-0.4, -0.2) is 28.7 Å². The second kappa shape index (κ2) is 6.37. The van der Waals surface area contributed by atoms with Crippen LogP contribution < -0.4 is 0 Å². The van der Waals surface area contributed by atoms with Crippen LogP contribution in [0, 0.1) is 6.92 Å². The number of hydrogen-bond acceptors (Lipinski definition) is 1. The first-order valence-corrected chi connectivity index (χ1v) is 7.74. The number of aryl methyl sites for hydroxylation is 2. The Morgan fingerprint density at radius 2 is 2.22 bits per heavy atom. The fraction of sp³-hybridized carbons (Fsp3) is 0.533. The van der Waals surface area contributed by atoms with Crippen LogP contribution in [0.2, 0.25) is 0 Å². The van der Waals surface area contributed by atoms with E-state index in [1.165, 1.54) is 11.1 Å². The van der Waals surface area contributed by atoms with Crippen molar-refractivity contribution in [1.82, 2.24) is 4.90 Å². The second-order valence-electron chi connectivity index (χ2n) is 4.96. The van der Waals surface area contributed by atoms with Crippen molar-refractivity contribution in [1.29, 1.82) is 0 Å². The molecule has 1 amide bonds. The molecule has 1 aliphatic rings. The van der Waals surface area contributed by atoms with Gasteiger partial charge >= 0.3 is 0 Å². The standard InChI is InChI=1S/C15H20BrNO/c1-12-5-2-3-6-13(12)8-9-15(18)17-10-4-7-14(17)11-16/h2-3,5-6,14H,4,7-11H2,1H3. The summed E-state index contributed by atoms with van der Waals surface area (Å²) in [5.74, 6) is 0.306. The molecule has 2 rings (SSSR count). The molecule has 98 valence electrons. The van der Waals surface area contributed by atoms with Gasteiger partial charge in [-0.3, -0.25) is 4.79 Å². The highest BCUT2D eigenvalue weighted by molar-refractivity contribution is 9.09. The number of alkyl halides is 1. The van der Waals surface area contributed by atoms with E-state index in [1.807, 2.05) is 17.0 Å². The Morgan fingerprint density at radius 3 is 2.94 bits per heavy atom. The lowest BCUT2D eigenvalue weighted by Crippen LogP contribution is -2.36. The molecule has 1 aromatic carbocycles. The zero-order valence-corrected chi connectivity index (χ0v) is 12.4. The Labute approximate surface area is 117 Å². The highest BCUT2D eigenvalue weighted by Gasteiger charge is 2.27. The van der Waals surface area contributed by atoms with Crippen LogP contribution in [-0.2, 0) is 11.2 Å². The Balaban J connectivity index is 1.90. The topological polar surface area (TPSA) is 20.3 Å². The third-order valence-electron chi connectivity index (χ3n) is 3.75. The fourth-order valence-electron chi connectivity index (χ4n) is 2.60. The molecule has 1 heterocycles. The van der Waals surface area contributed by atoms with Crippen LogP contribution in [0.3, 0.4) is 0 Å². The van der Waals surface area contributed by atoms with Crippen LogP contribution in [0.1, 0.15) is 30.4 Å². The smallest absolute Gasteiger partial charge is 0.223 e. The summed E-state index contributed by atoms with van der Waals surface area (Å²) in [6, 6.07) is 8.73. The number of hydrogen-bond donors (Lipinski definition) is 0. The van der Waals surface area contributed by atoms with E-state index in [0.717, 1.165) is 31.1 Å². The molecular weight excluding hydrogens is 290 g/mol. The molecule has 1 atom stereocenters. The molecule has 1 fully saturated rings. The van der Waals surface area contributed by atoms with Crippen LogP contribution in [0.25, 0.3) is 0 Å². The minimum atomic E-state index is 0.306. The van der Waals surface area contributed by atoms with Crippen molar-refractivity contribution in [2.75, 3.05) is 11.9 Å². The van der Waals surface area contributed by atoms with Crippen molar-refractivity contribution >= 4 is 21.8 Å². The van der Waals surface area contributed by atoms with Crippen LogP contribution in [0.15, 0.2) is 24.3 Å². The first-order valence-electron chi connectivity index (χ1n) is 6.62. The quantitative estimate of drug-likeness (QED) is 0.781. The zero-order chi connectivity index (χ0) is 13.0. The molecule has 2 nitrogen and oxygen atoms in total. The van der Waals surface area contributed by atoms with Crippen molar-refractivity contribution in [3.05, 3.63) is 35.4 Å². The summed E-state index contributed by atoms with van der Waals surface area (Å²) >= 11 is 3.50. The molecular formula is C15H20BrNO. The van der Waals surface area contributed by atoms with Gasteiger partial charge in [0.1, 0.15) is 0 Å². The van der Waals surface area contributed by atoms with Gasteiger partial charge in [0.15, 0.2) is 0 Å². The molecule has 0 aliphatic carbocycles. The largest absolute Gasteiger partial charge is 0.339 e. The van der Waals surface area contributed by atoms with E-state index in [2.05, 4.69) is 35.0 Å². The highest BCUT2D eigenvalue weighted by atomic mass is 79.9. The minimum Gasteiger partial charge on any atom is -0.339 e. The van der Waals surface area contributed by atoms with Gasteiger partial charge in [0.05, 0.1) is 0 Å². The molecule has 1 unspecified atom stereocenters. The van der Waals surface area contributed by atoms with Gasteiger partial charge < -0.3 is 4.90 Å². The molecule has 0 N–H and O–H groups in total. The summed E-state index contributed by atoms with van der Waals surface area (Å²) in [5.41, 5.74) is 2.57. The van der Waals surface area contributed by atoms with Crippen LogP contribution >= 0.6 is 15.9 Å². The predicted octanol–water partition coefficient (Wildman–Crippen LogP) is 3.31. The van der Waals surface area contributed by atoms with Gasteiger partial charge in [-0.2, -0.15) is 0 Å². The average Bonchev–Trinajstić information content (AvgIpc) is 2.86. The number of rotatable bonds is 4. The molecule has 1 saturated heterocycles. The van der Waals surface area contributed by atoms with Crippen LogP contribution in [0.5, 0.6) is 0 Å². The SMILES string of the molecule is Cc1ccccc1CCC(=O)N1CCCC1CBr. The van der Waals surface area contributed by atoms with Crippen molar-refractivity contribution in [2.45, 2.75) is 38.6 Å². The normalized spacial score (nSPS) is 19.2. The van der Waals surface area contributed by atoms with Gasteiger partial charge in [-0.05, 0) is 37.3 Å². The van der Waals surface area contributed by atoms with Gasteiger partial charge in [-0.1, -0.05) is 40.2 Å². The number of benzene rings is 1. The molecule has 0 radical (unpaired) electrons. The van der Waals surface area contributed by atoms with E-state index >= 15 is 0 Å². The number of nitrogens with zero attached hydrogens (tertiary/aromatic N) is 1. The molecule has 1 aromatic rings. The Morgan fingerprint density at radius 1 is 1.44 bits per heavy atom. The maximum absolute atomic E-state index is 12.2. The van der Waals surface area contributed by atoms with Crippen molar-refractivity contribution in [3.63, 3.8) is 0 Å². The summed E-state index contributed by atoms with van der Waals surface area (Å²) in [6.45, 7) is 3.04. The maximum Gasteiger partial charge on any atom is 0.223 e. The van der Waals surface area contributed by atoms with E-state index < -0.39 is 0 Å². The van der Waals surface area contributed by atoms with Gasteiger partial charge in [0.25, 0.3) is 0 Å². The number of halogens is 1. The molecule has 0 aromatic heterocycles. The first kappa shape index (κ1) is 13.6. The summed E-state index contributed by atoms with van der Waals surface area (Å²) in [5, 5.41) is 0.906. The number of carbonyl (C=O) groups is 1. The van der Waals surface area contributed by atoms with E-state index in [1.54, 1.807) is 0 Å². The van der Waals surface area contributed by atoms with Crippen LogP contribution in [0.4, 0.5) is 0 Å². The number of carbonyl (C=O) groups excluding carboxylic acids is 1. The monoisotopic (exact) mass is 309 g/mol. The molecule has 3 heteroatoms. The summed E-state index contributed by atoms with van der Waals surface area (Å²) in [7, 11) is 0. The molecule has 0 saturated carbocycles. The lowest BCUT2D eigenvalue weighted by atomic mass is 10.0. The predicted molar refractivity (Wildman–Crippen MR) is 78.0 cm³/mol. The highest BCUT2D eigenvalue weighted by Crippen LogP contribution is 2.20. The van der Waals surface area contributed by atoms with Gasteiger partial charge in [0, 0.05) is 24.3 Å². The lowest BCUT2D eigenvalue weighted by Gasteiger charge is -2.23. The third kappa shape index (κ3) is 3.14. The van der Waals surface area contributed by atoms with E-state index in [0.29, 0.717) is 18.4 Å². The molecule has 0 spiro atoms. The van der Waals surface area contributed by atoms with Gasteiger partial charge in [0.2, 0.25) is 5.91 Å². The number of likely N-dealkylation sites (tertiary alicyclic amines) is 1. The first-order chi connectivity index (χ1) is 8.72. The molecule has 1 aliphatic heterocycles. The second-order valence-corrected chi connectivity index (χ2v) is 5.61. The fourth-order valence-corrected chi connectivity index (χ4v) is 3.27. The van der Waals surface area contributed by atoms with Crippen molar-refractivity contribution in [2.24, 2.45) is 0 Å². The zero-order valence-electron chi connectivity index (χ0n) is 10.9. The third-order valence-corrected chi connectivity index (χ3v) is 4.49. The van der Waals surface area contributed by atoms with Crippen molar-refractivity contribution < 1.29 is 4.79 Å².